The molecule has 86 valence electrons. The third kappa shape index (κ3) is 1.78. The molecule has 0 spiro atoms. The molecule has 1 heterocycles. The van der Waals surface area contributed by atoms with Crippen molar-refractivity contribution in [3.8, 4) is 5.75 Å². The van der Waals surface area contributed by atoms with Gasteiger partial charge in [0.25, 0.3) is 5.91 Å². The molecular formula is C12H15NO2S. The molecule has 1 aliphatic heterocycles. The average Bonchev–Trinajstić information content (AvgIpc) is 2.30. The molecule has 1 aromatic rings. The molecule has 2 unspecified atom stereocenters. The van der Waals surface area contributed by atoms with Gasteiger partial charge in [0.05, 0.1) is 11.1 Å². The standard InChI is InChI=1S/C12H15NO2S/c1-8-12(14)13(9(2)16-3)10-6-4-5-7-11(10)15-8/h4-9H,1-3H3. The molecule has 16 heavy (non-hydrogen) atoms. The first-order valence-electron chi connectivity index (χ1n) is 5.26. The number of ether oxygens (including phenoxy) is 1. The Balaban J connectivity index is 2.46. The topological polar surface area (TPSA) is 29.5 Å². The second-order valence-corrected chi connectivity index (χ2v) is 4.92. The minimum Gasteiger partial charge on any atom is -0.479 e. The predicted molar refractivity (Wildman–Crippen MR) is 67.0 cm³/mol. The van der Waals surface area contributed by atoms with E-state index in [1.165, 1.54) is 0 Å². The Kier molecular flexibility index (Phi) is 3.10. The van der Waals surface area contributed by atoms with Crippen molar-refractivity contribution in [2.24, 2.45) is 0 Å². The molecule has 1 aliphatic rings. The third-order valence-electron chi connectivity index (χ3n) is 2.72. The van der Waals surface area contributed by atoms with Crippen LogP contribution in [0.1, 0.15) is 13.8 Å². The zero-order valence-electron chi connectivity index (χ0n) is 9.64. The van der Waals surface area contributed by atoms with Crippen LogP contribution < -0.4 is 9.64 Å². The number of thioether (sulfide) groups is 1. The van der Waals surface area contributed by atoms with Crippen molar-refractivity contribution in [2.45, 2.75) is 25.3 Å². The molecule has 2 atom stereocenters. The molecule has 0 aliphatic carbocycles. The highest BCUT2D eigenvalue weighted by atomic mass is 32.2. The molecule has 0 fully saturated rings. The first-order chi connectivity index (χ1) is 7.65. The van der Waals surface area contributed by atoms with Crippen molar-refractivity contribution in [1.82, 2.24) is 0 Å². The van der Waals surface area contributed by atoms with Gasteiger partial charge in [-0.1, -0.05) is 12.1 Å². The third-order valence-corrected chi connectivity index (χ3v) is 3.61. The fourth-order valence-corrected chi connectivity index (χ4v) is 2.22. The van der Waals surface area contributed by atoms with Gasteiger partial charge < -0.3 is 4.74 Å². The van der Waals surface area contributed by atoms with Gasteiger partial charge in [-0.3, -0.25) is 9.69 Å². The van der Waals surface area contributed by atoms with Crippen LogP contribution in [0.25, 0.3) is 0 Å². The van der Waals surface area contributed by atoms with Crippen molar-refractivity contribution >= 4 is 23.4 Å². The molecule has 0 saturated heterocycles. The molecule has 0 aromatic heterocycles. The van der Waals surface area contributed by atoms with E-state index < -0.39 is 6.10 Å². The largest absolute Gasteiger partial charge is 0.479 e. The lowest BCUT2D eigenvalue weighted by molar-refractivity contribution is -0.125. The van der Waals surface area contributed by atoms with E-state index in [2.05, 4.69) is 0 Å². The number of amides is 1. The van der Waals surface area contributed by atoms with E-state index >= 15 is 0 Å². The number of hydrogen-bond acceptors (Lipinski definition) is 3. The predicted octanol–water partition coefficient (Wildman–Crippen LogP) is 2.51. The van der Waals surface area contributed by atoms with Crippen molar-refractivity contribution in [1.29, 1.82) is 0 Å². The lowest BCUT2D eigenvalue weighted by Crippen LogP contribution is -2.47. The molecular weight excluding hydrogens is 222 g/mol. The zero-order chi connectivity index (χ0) is 11.7. The van der Waals surface area contributed by atoms with Gasteiger partial charge in [0.15, 0.2) is 6.10 Å². The lowest BCUT2D eigenvalue weighted by Gasteiger charge is -2.36. The van der Waals surface area contributed by atoms with Gasteiger partial charge in [0, 0.05) is 0 Å². The summed E-state index contributed by atoms with van der Waals surface area (Å²) in [5, 5.41) is 0.125. The van der Waals surface area contributed by atoms with Crippen LogP contribution in [0.4, 0.5) is 5.69 Å². The molecule has 0 bridgehead atoms. The number of nitrogens with zero attached hydrogens (tertiary/aromatic N) is 1. The van der Waals surface area contributed by atoms with Gasteiger partial charge in [-0.2, -0.15) is 0 Å². The van der Waals surface area contributed by atoms with Gasteiger partial charge in [-0.25, -0.2) is 0 Å². The van der Waals surface area contributed by atoms with Crippen LogP contribution >= 0.6 is 11.8 Å². The summed E-state index contributed by atoms with van der Waals surface area (Å²) in [4.78, 5) is 13.9. The number of benzene rings is 1. The van der Waals surface area contributed by atoms with Crippen molar-refractivity contribution in [3.05, 3.63) is 24.3 Å². The Morgan fingerprint density at radius 2 is 2.12 bits per heavy atom. The summed E-state index contributed by atoms with van der Waals surface area (Å²) in [5.41, 5.74) is 0.868. The van der Waals surface area contributed by atoms with Crippen molar-refractivity contribution in [3.63, 3.8) is 0 Å². The molecule has 1 aromatic carbocycles. The van der Waals surface area contributed by atoms with Gasteiger partial charge in [0.1, 0.15) is 5.75 Å². The van der Waals surface area contributed by atoms with E-state index in [-0.39, 0.29) is 11.3 Å². The van der Waals surface area contributed by atoms with Crippen LogP contribution in [-0.2, 0) is 4.79 Å². The van der Waals surface area contributed by atoms with Gasteiger partial charge >= 0.3 is 0 Å². The minimum absolute atomic E-state index is 0.0283. The number of carbonyl (C=O) groups excluding carboxylic acids is 1. The van der Waals surface area contributed by atoms with Crippen LogP contribution in [0.2, 0.25) is 0 Å². The summed E-state index contributed by atoms with van der Waals surface area (Å²) in [6.07, 6.45) is 1.60. The first kappa shape index (κ1) is 11.3. The Morgan fingerprint density at radius 1 is 1.44 bits per heavy atom. The van der Waals surface area contributed by atoms with Crippen molar-refractivity contribution < 1.29 is 9.53 Å². The highest BCUT2D eigenvalue weighted by Gasteiger charge is 2.33. The molecule has 0 N–H and O–H groups in total. The number of para-hydroxylation sites is 2. The first-order valence-corrected chi connectivity index (χ1v) is 6.55. The Bertz CT molecular complexity index is 408. The number of rotatable bonds is 2. The molecule has 0 saturated carbocycles. The molecule has 3 nitrogen and oxygen atoms in total. The smallest absolute Gasteiger partial charge is 0.268 e. The quantitative estimate of drug-likeness (QED) is 0.791. The Morgan fingerprint density at radius 3 is 2.81 bits per heavy atom. The van der Waals surface area contributed by atoms with Crippen molar-refractivity contribution in [2.75, 3.05) is 11.2 Å². The molecule has 1 amide bonds. The van der Waals surface area contributed by atoms with Crippen LogP contribution in [-0.4, -0.2) is 23.6 Å². The number of hydrogen-bond donors (Lipinski definition) is 0. The maximum Gasteiger partial charge on any atom is 0.268 e. The highest BCUT2D eigenvalue weighted by molar-refractivity contribution is 7.99. The summed E-state index contributed by atoms with van der Waals surface area (Å²) in [6.45, 7) is 3.82. The van der Waals surface area contributed by atoms with Crippen LogP contribution in [0.3, 0.4) is 0 Å². The zero-order valence-corrected chi connectivity index (χ0v) is 10.5. The number of carbonyl (C=O) groups is 1. The summed E-state index contributed by atoms with van der Waals surface area (Å²) in [7, 11) is 0. The Hall–Kier alpha value is -1.16. The highest BCUT2D eigenvalue weighted by Crippen LogP contribution is 2.36. The van der Waals surface area contributed by atoms with E-state index in [0.717, 1.165) is 11.4 Å². The summed E-state index contributed by atoms with van der Waals surface area (Å²) in [5.74, 6) is 0.816. The number of anilines is 1. The second-order valence-electron chi connectivity index (χ2n) is 3.77. The summed E-state index contributed by atoms with van der Waals surface area (Å²) < 4.78 is 5.57. The Labute approximate surface area is 99.8 Å². The molecule has 0 radical (unpaired) electrons. The SMILES string of the molecule is CSC(C)N1C(=O)C(C)Oc2ccccc21. The van der Waals surface area contributed by atoms with Crippen LogP contribution in [0.5, 0.6) is 5.75 Å². The van der Waals surface area contributed by atoms with Crippen LogP contribution in [0, 0.1) is 0 Å². The fraction of sp³-hybridized carbons (Fsp3) is 0.417. The lowest BCUT2D eigenvalue weighted by atomic mass is 10.2. The van der Waals surface area contributed by atoms with E-state index in [1.807, 2.05) is 42.3 Å². The van der Waals surface area contributed by atoms with Crippen LogP contribution in [0.15, 0.2) is 24.3 Å². The minimum atomic E-state index is -0.399. The average molecular weight is 237 g/mol. The molecule has 2 rings (SSSR count). The van der Waals surface area contributed by atoms with E-state index in [0.29, 0.717) is 0 Å². The van der Waals surface area contributed by atoms with Gasteiger partial charge in [-0.15, -0.1) is 11.8 Å². The van der Waals surface area contributed by atoms with E-state index in [4.69, 9.17) is 4.74 Å². The fourth-order valence-electron chi connectivity index (χ4n) is 1.79. The summed E-state index contributed by atoms with van der Waals surface area (Å²) in [6, 6.07) is 7.67. The maximum atomic E-state index is 12.1. The monoisotopic (exact) mass is 237 g/mol. The summed E-state index contributed by atoms with van der Waals surface area (Å²) >= 11 is 1.65. The van der Waals surface area contributed by atoms with Gasteiger partial charge in [-0.05, 0) is 32.2 Å². The maximum absolute atomic E-state index is 12.1. The number of fused-ring (bicyclic) bond motifs is 1. The second kappa shape index (κ2) is 4.37. The van der Waals surface area contributed by atoms with E-state index in [1.54, 1.807) is 18.7 Å². The van der Waals surface area contributed by atoms with E-state index in [9.17, 15) is 4.79 Å². The normalized spacial score (nSPS) is 21.3. The van der Waals surface area contributed by atoms with Gasteiger partial charge in [0.2, 0.25) is 0 Å². The molecule has 4 heteroatoms.